The molecule has 2 aromatic carbocycles. The molecule has 3 heteroatoms. The quantitative estimate of drug-likeness (QED) is 0.486. The number of fused-ring (bicyclic) bond motifs is 4. The van der Waals surface area contributed by atoms with Crippen molar-refractivity contribution in [2.24, 2.45) is 0 Å². The Morgan fingerprint density at radius 3 is 2.55 bits per heavy atom. The maximum Gasteiger partial charge on any atom is 0.121 e. The van der Waals surface area contributed by atoms with E-state index >= 15 is 0 Å². The third-order valence-electron chi connectivity index (χ3n) is 4.18. The van der Waals surface area contributed by atoms with E-state index in [0.717, 1.165) is 27.5 Å². The molecule has 2 aromatic heterocycles. The van der Waals surface area contributed by atoms with Gasteiger partial charge in [0.1, 0.15) is 11.8 Å². The lowest BCUT2D eigenvalue weighted by atomic mass is 10.0. The zero-order valence-electron chi connectivity index (χ0n) is 11.3. The summed E-state index contributed by atoms with van der Waals surface area (Å²) in [5.41, 5.74) is 6.22. The standard InChI is InChI=1S/C17H13N3/c1-9-15(8-18)19-14-7-12-11-5-3-4-6-13(11)20-17(12)10(2)16(9)14/h3-7,19-20H,1-2H3. The predicted octanol–water partition coefficient (Wildman–Crippen LogP) is 4.29. The van der Waals surface area contributed by atoms with E-state index in [2.05, 4.69) is 47.2 Å². The molecule has 0 saturated carbocycles. The molecule has 96 valence electrons. The van der Waals surface area contributed by atoms with Crippen molar-refractivity contribution in [1.29, 1.82) is 5.26 Å². The van der Waals surface area contributed by atoms with Crippen LogP contribution in [0.5, 0.6) is 0 Å². The molecule has 3 nitrogen and oxygen atoms in total. The SMILES string of the molecule is Cc1c(C#N)[nH]c2cc3c([nH]c4ccccc43)c(C)c12. The molecule has 4 rings (SSSR count). The van der Waals surface area contributed by atoms with Crippen molar-refractivity contribution in [2.75, 3.05) is 0 Å². The first-order chi connectivity index (χ1) is 9.70. The number of benzene rings is 2. The summed E-state index contributed by atoms with van der Waals surface area (Å²) < 4.78 is 0. The normalized spacial score (nSPS) is 11.4. The largest absolute Gasteiger partial charge is 0.354 e. The molecule has 0 unspecified atom stereocenters. The van der Waals surface area contributed by atoms with Gasteiger partial charge >= 0.3 is 0 Å². The molecule has 0 aliphatic heterocycles. The number of aryl methyl sites for hydroxylation is 2. The third-order valence-corrected chi connectivity index (χ3v) is 4.18. The van der Waals surface area contributed by atoms with Gasteiger partial charge < -0.3 is 9.97 Å². The maximum atomic E-state index is 9.18. The molecule has 2 N–H and O–H groups in total. The summed E-state index contributed by atoms with van der Waals surface area (Å²) in [6.45, 7) is 4.11. The first kappa shape index (κ1) is 11.1. The number of nitrogens with one attached hydrogen (secondary N) is 2. The van der Waals surface area contributed by atoms with Gasteiger partial charge in [-0.3, -0.25) is 0 Å². The Morgan fingerprint density at radius 2 is 1.75 bits per heavy atom. The van der Waals surface area contributed by atoms with Gasteiger partial charge in [0.2, 0.25) is 0 Å². The number of rotatable bonds is 0. The summed E-state index contributed by atoms with van der Waals surface area (Å²) >= 11 is 0. The highest BCUT2D eigenvalue weighted by Crippen LogP contribution is 2.34. The molecule has 0 spiro atoms. The van der Waals surface area contributed by atoms with E-state index < -0.39 is 0 Å². The molecular weight excluding hydrogens is 246 g/mol. The fourth-order valence-corrected chi connectivity index (χ4v) is 3.20. The molecule has 0 saturated heterocycles. The van der Waals surface area contributed by atoms with Crippen LogP contribution in [-0.4, -0.2) is 9.97 Å². The molecule has 2 heterocycles. The molecule has 4 aromatic rings. The zero-order chi connectivity index (χ0) is 13.9. The minimum absolute atomic E-state index is 0.653. The fraction of sp³-hybridized carbons (Fsp3) is 0.118. The van der Waals surface area contributed by atoms with Crippen LogP contribution in [0.3, 0.4) is 0 Å². The zero-order valence-corrected chi connectivity index (χ0v) is 11.3. The fourth-order valence-electron chi connectivity index (χ4n) is 3.20. The highest BCUT2D eigenvalue weighted by Gasteiger charge is 2.14. The smallest absolute Gasteiger partial charge is 0.121 e. The Hall–Kier alpha value is -2.73. The second-order valence-corrected chi connectivity index (χ2v) is 5.25. The lowest BCUT2D eigenvalue weighted by molar-refractivity contribution is 1.33. The van der Waals surface area contributed by atoms with E-state index in [-0.39, 0.29) is 0 Å². The van der Waals surface area contributed by atoms with Crippen molar-refractivity contribution in [3.8, 4) is 6.07 Å². The van der Waals surface area contributed by atoms with Crippen LogP contribution in [-0.2, 0) is 0 Å². The molecular formula is C17H13N3. The van der Waals surface area contributed by atoms with Crippen molar-refractivity contribution in [3.05, 3.63) is 47.2 Å². The Labute approximate surface area is 115 Å². The van der Waals surface area contributed by atoms with Crippen LogP contribution in [0.4, 0.5) is 0 Å². The van der Waals surface area contributed by atoms with Gasteiger partial charge in [-0.1, -0.05) is 18.2 Å². The van der Waals surface area contributed by atoms with E-state index in [4.69, 9.17) is 0 Å². The van der Waals surface area contributed by atoms with Crippen LogP contribution in [0.2, 0.25) is 0 Å². The second-order valence-electron chi connectivity index (χ2n) is 5.25. The second kappa shape index (κ2) is 3.64. The van der Waals surface area contributed by atoms with E-state index in [9.17, 15) is 5.26 Å². The lowest BCUT2D eigenvalue weighted by Crippen LogP contribution is -1.81. The summed E-state index contributed by atoms with van der Waals surface area (Å²) in [6, 6.07) is 12.7. The highest BCUT2D eigenvalue weighted by molar-refractivity contribution is 6.14. The average molecular weight is 259 g/mol. The lowest BCUT2D eigenvalue weighted by Gasteiger charge is -2.01. The van der Waals surface area contributed by atoms with Crippen LogP contribution in [0.15, 0.2) is 30.3 Å². The summed E-state index contributed by atoms with van der Waals surface area (Å²) in [6.07, 6.45) is 0. The number of nitrogens with zero attached hydrogens (tertiary/aromatic N) is 1. The number of nitriles is 1. The van der Waals surface area contributed by atoms with Crippen LogP contribution >= 0.6 is 0 Å². The first-order valence-corrected chi connectivity index (χ1v) is 6.63. The van der Waals surface area contributed by atoms with Crippen molar-refractivity contribution < 1.29 is 0 Å². The molecule has 0 bridgehead atoms. The first-order valence-electron chi connectivity index (χ1n) is 6.63. The van der Waals surface area contributed by atoms with E-state index in [1.54, 1.807) is 0 Å². The Morgan fingerprint density at radius 1 is 0.950 bits per heavy atom. The molecule has 0 aliphatic rings. The summed E-state index contributed by atoms with van der Waals surface area (Å²) in [5, 5.41) is 12.8. The van der Waals surface area contributed by atoms with Gasteiger partial charge in [-0.2, -0.15) is 5.26 Å². The van der Waals surface area contributed by atoms with Crippen LogP contribution < -0.4 is 0 Å². The van der Waals surface area contributed by atoms with Gasteiger partial charge in [0, 0.05) is 27.2 Å². The minimum Gasteiger partial charge on any atom is -0.354 e. The maximum absolute atomic E-state index is 9.18. The van der Waals surface area contributed by atoms with E-state index in [1.807, 2.05) is 13.0 Å². The Kier molecular flexibility index (Phi) is 2.03. The molecule has 0 amide bonds. The Bertz CT molecular complexity index is 1030. The van der Waals surface area contributed by atoms with Crippen molar-refractivity contribution in [2.45, 2.75) is 13.8 Å². The van der Waals surface area contributed by atoms with Gasteiger partial charge in [0.15, 0.2) is 0 Å². The highest BCUT2D eigenvalue weighted by atomic mass is 14.7. The van der Waals surface area contributed by atoms with Gasteiger partial charge in [-0.05, 0) is 37.1 Å². The molecule has 20 heavy (non-hydrogen) atoms. The van der Waals surface area contributed by atoms with Gasteiger partial charge in [0.25, 0.3) is 0 Å². The van der Waals surface area contributed by atoms with Gasteiger partial charge in [0.05, 0.1) is 5.52 Å². The number of aromatic amines is 2. The number of aromatic nitrogens is 2. The van der Waals surface area contributed by atoms with Crippen LogP contribution in [0, 0.1) is 25.2 Å². The number of hydrogen-bond acceptors (Lipinski definition) is 1. The van der Waals surface area contributed by atoms with Crippen LogP contribution in [0.25, 0.3) is 32.7 Å². The average Bonchev–Trinajstić information content (AvgIpc) is 2.98. The van der Waals surface area contributed by atoms with Gasteiger partial charge in [-0.25, -0.2) is 0 Å². The van der Waals surface area contributed by atoms with E-state index in [0.29, 0.717) is 5.69 Å². The van der Waals surface area contributed by atoms with Crippen molar-refractivity contribution >= 4 is 32.7 Å². The monoisotopic (exact) mass is 259 g/mol. The topological polar surface area (TPSA) is 55.4 Å². The van der Waals surface area contributed by atoms with Crippen molar-refractivity contribution in [1.82, 2.24) is 9.97 Å². The van der Waals surface area contributed by atoms with Crippen LogP contribution in [0.1, 0.15) is 16.8 Å². The molecule has 0 fully saturated rings. The number of para-hydroxylation sites is 1. The van der Waals surface area contributed by atoms with Gasteiger partial charge in [-0.15, -0.1) is 0 Å². The summed E-state index contributed by atoms with van der Waals surface area (Å²) in [4.78, 5) is 6.72. The third kappa shape index (κ3) is 1.23. The van der Waals surface area contributed by atoms with Crippen molar-refractivity contribution in [3.63, 3.8) is 0 Å². The molecule has 0 aliphatic carbocycles. The summed E-state index contributed by atoms with van der Waals surface area (Å²) in [7, 11) is 0. The Balaban J connectivity index is 2.29. The number of H-pyrrole nitrogens is 2. The molecule has 0 atom stereocenters. The summed E-state index contributed by atoms with van der Waals surface area (Å²) in [5.74, 6) is 0. The van der Waals surface area contributed by atoms with E-state index in [1.165, 1.54) is 16.3 Å². The predicted molar refractivity (Wildman–Crippen MR) is 81.9 cm³/mol. The number of hydrogen-bond donors (Lipinski definition) is 2. The minimum atomic E-state index is 0.653. The molecule has 0 radical (unpaired) electrons.